The highest BCUT2D eigenvalue weighted by Gasteiger charge is 2.22. The molecule has 0 radical (unpaired) electrons. The summed E-state index contributed by atoms with van der Waals surface area (Å²) in [6.45, 7) is 0. The second-order valence-electron chi connectivity index (χ2n) is 2.76. The monoisotopic (exact) mass is 214 g/mol. The number of rotatable bonds is 4. The number of hydrogen-bond donors (Lipinski definition) is 2. The Morgan fingerprint density at radius 2 is 2.40 bits per heavy atom. The van der Waals surface area contributed by atoms with E-state index in [2.05, 4.69) is 9.72 Å². The first-order valence-corrected chi connectivity index (χ1v) is 4.05. The number of nitrogens with two attached hydrogens (primary N) is 1. The second-order valence-corrected chi connectivity index (χ2v) is 2.76. The first kappa shape index (κ1) is 11.2. The van der Waals surface area contributed by atoms with Crippen LogP contribution in [0, 0.1) is 0 Å². The van der Waals surface area contributed by atoms with Gasteiger partial charge in [-0.05, 0) is 0 Å². The SMILES string of the molecule is COC(=O)c1ncoc1C[C@H](N)C(=O)O. The van der Waals surface area contributed by atoms with E-state index in [0.717, 1.165) is 6.39 Å². The first-order chi connectivity index (χ1) is 7.06. The molecule has 82 valence electrons. The lowest BCUT2D eigenvalue weighted by Gasteiger charge is -2.03. The molecular formula is C8H10N2O5. The van der Waals surface area contributed by atoms with Crippen LogP contribution in [-0.4, -0.2) is 35.2 Å². The molecule has 1 rings (SSSR count). The average molecular weight is 214 g/mol. The van der Waals surface area contributed by atoms with Gasteiger partial charge in [-0.3, -0.25) is 4.79 Å². The van der Waals surface area contributed by atoms with Gasteiger partial charge in [-0.1, -0.05) is 0 Å². The van der Waals surface area contributed by atoms with Crippen LogP contribution in [0.5, 0.6) is 0 Å². The topological polar surface area (TPSA) is 116 Å². The molecule has 0 aliphatic carbocycles. The summed E-state index contributed by atoms with van der Waals surface area (Å²) in [6, 6.07) is -1.14. The second kappa shape index (κ2) is 4.56. The van der Waals surface area contributed by atoms with Crippen LogP contribution in [-0.2, 0) is 16.0 Å². The van der Waals surface area contributed by atoms with Crippen molar-refractivity contribution < 1.29 is 23.8 Å². The summed E-state index contributed by atoms with van der Waals surface area (Å²) in [7, 11) is 1.19. The fourth-order valence-electron chi connectivity index (χ4n) is 0.966. The molecule has 0 amide bonds. The maximum Gasteiger partial charge on any atom is 0.360 e. The molecule has 0 aromatic carbocycles. The summed E-state index contributed by atoms with van der Waals surface area (Å²) >= 11 is 0. The molecule has 3 N–H and O–H groups in total. The van der Waals surface area contributed by atoms with Gasteiger partial charge in [-0.2, -0.15) is 0 Å². The number of carbonyl (C=O) groups excluding carboxylic acids is 1. The molecular weight excluding hydrogens is 204 g/mol. The fourth-order valence-corrected chi connectivity index (χ4v) is 0.966. The number of hydrogen-bond acceptors (Lipinski definition) is 6. The Kier molecular flexibility index (Phi) is 3.40. The third-order valence-electron chi connectivity index (χ3n) is 1.74. The molecule has 0 saturated carbocycles. The van der Waals surface area contributed by atoms with Gasteiger partial charge >= 0.3 is 11.9 Å². The van der Waals surface area contributed by atoms with Crippen LogP contribution in [0.3, 0.4) is 0 Å². The van der Waals surface area contributed by atoms with E-state index in [-0.39, 0.29) is 17.9 Å². The smallest absolute Gasteiger partial charge is 0.360 e. The van der Waals surface area contributed by atoms with Crippen molar-refractivity contribution in [3.8, 4) is 0 Å². The third kappa shape index (κ3) is 2.53. The molecule has 0 aliphatic rings. The van der Waals surface area contributed by atoms with Gasteiger partial charge in [0.15, 0.2) is 12.1 Å². The quantitative estimate of drug-likeness (QED) is 0.643. The number of carbonyl (C=O) groups is 2. The molecule has 1 heterocycles. The van der Waals surface area contributed by atoms with E-state index in [1.807, 2.05) is 0 Å². The molecule has 7 heteroatoms. The largest absolute Gasteiger partial charge is 0.480 e. The van der Waals surface area contributed by atoms with Gasteiger partial charge in [0.2, 0.25) is 0 Å². The molecule has 0 unspecified atom stereocenters. The predicted molar refractivity (Wildman–Crippen MR) is 47.2 cm³/mol. The van der Waals surface area contributed by atoms with E-state index in [1.165, 1.54) is 7.11 Å². The van der Waals surface area contributed by atoms with Crippen molar-refractivity contribution >= 4 is 11.9 Å². The summed E-state index contributed by atoms with van der Waals surface area (Å²) in [6.07, 6.45) is 0.927. The fraction of sp³-hybridized carbons (Fsp3) is 0.375. The van der Waals surface area contributed by atoms with Gasteiger partial charge in [0.05, 0.1) is 7.11 Å². The number of aliphatic carboxylic acids is 1. The summed E-state index contributed by atoms with van der Waals surface area (Å²) in [4.78, 5) is 25.2. The number of esters is 1. The van der Waals surface area contributed by atoms with Gasteiger partial charge in [0.25, 0.3) is 0 Å². The lowest BCUT2D eigenvalue weighted by Crippen LogP contribution is -2.32. The molecule has 1 aromatic heterocycles. The van der Waals surface area contributed by atoms with Crippen LogP contribution in [0.4, 0.5) is 0 Å². The van der Waals surface area contributed by atoms with Gasteiger partial charge in [-0.25, -0.2) is 9.78 Å². The van der Waals surface area contributed by atoms with Crippen molar-refractivity contribution in [2.45, 2.75) is 12.5 Å². The highest BCUT2D eigenvalue weighted by Crippen LogP contribution is 2.10. The molecule has 0 bridgehead atoms. The van der Waals surface area contributed by atoms with Crippen LogP contribution in [0.25, 0.3) is 0 Å². The van der Waals surface area contributed by atoms with E-state index in [0.29, 0.717) is 0 Å². The van der Waals surface area contributed by atoms with Crippen molar-refractivity contribution in [2.24, 2.45) is 5.73 Å². The van der Waals surface area contributed by atoms with E-state index in [4.69, 9.17) is 15.3 Å². The molecule has 0 fully saturated rings. The minimum Gasteiger partial charge on any atom is -0.480 e. The normalized spacial score (nSPS) is 12.1. The van der Waals surface area contributed by atoms with Crippen LogP contribution >= 0.6 is 0 Å². The van der Waals surface area contributed by atoms with E-state index < -0.39 is 18.0 Å². The highest BCUT2D eigenvalue weighted by atomic mass is 16.5. The molecule has 1 atom stereocenters. The highest BCUT2D eigenvalue weighted by molar-refractivity contribution is 5.88. The number of nitrogens with zero attached hydrogens (tertiary/aromatic N) is 1. The number of methoxy groups -OCH3 is 1. The Bertz CT molecular complexity index is 373. The zero-order valence-electron chi connectivity index (χ0n) is 7.97. The van der Waals surface area contributed by atoms with Gasteiger partial charge in [-0.15, -0.1) is 0 Å². The molecule has 0 saturated heterocycles. The first-order valence-electron chi connectivity index (χ1n) is 4.05. The molecule has 7 nitrogen and oxygen atoms in total. The number of carboxylic acid groups (broad SMARTS) is 1. The Balaban J connectivity index is 2.82. The molecule has 0 spiro atoms. The van der Waals surface area contributed by atoms with Gasteiger partial charge in [0.1, 0.15) is 11.8 Å². The zero-order chi connectivity index (χ0) is 11.4. The van der Waals surface area contributed by atoms with Crippen molar-refractivity contribution in [1.82, 2.24) is 4.98 Å². The molecule has 0 aliphatic heterocycles. The summed E-state index contributed by atoms with van der Waals surface area (Å²) in [5.74, 6) is -1.75. The maximum absolute atomic E-state index is 11.1. The third-order valence-corrected chi connectivity index (χ3v) is 1.74. The number of carboxylic acids is 1. The number of oxazole rings is 1. The Labute approximate surface area is 84.8 Å². The Morgan fingerprint density at radius 1 is 1.73 bits per heavy atom. The van der Waals surface area contributed by atoms with Gasteiger partial charge < -0.3 is 20.0 Å². The Morgan fingerprint density at radius 3 is 2.93 bits per heavy atom. The van der Waals surface area contributed by atoms with Crippen LogP contribution in [0.15, 0.2) is 10.8 Å². The Hall–Kier alpha value is -1.89. The summed E-state index contributed by atoms with van der Waals surface area (Å²) < 4.78 is 9.28. The average Bonchev–Trinajstić information content (AvgIpc) is 2.64. The predicted octanol–water partition coefficient (Wildman–Crippen LogP) is -0.584. The van der Waals surface area contributed by atoms with E-state index >= 15 is 0 Å². The van der Waals surface area contributed by atoms with Crippen molar-refractivity contribution in [3.63, 3.8) is 0 Å². The lowest BCUT2D eigenvalue weighted by atomic mass is 10.1. The molecule has 1 aromatic rings. The maximum atomic E-state index is 11.1. The van der Waals surface area contributed by atoms with Crippen LogP contribution in [0.2, 0.25) is 0 Å². The minimum absolute atomic E-state index is 0.0470. The van der Waals surface area contributed by atoms with Crippen molar-refractivity contribution in [1.29, 1.82) is 0 Å². The van der Waals surface area contributed by atoms with Gasteiger partial charge in [0, 0.05) is 6.42 Å². The number of aromatic nitrogens is 1. The standard InChI is InChI=1S/C8H10N2O5/c1-14-8(13)6-5(15-3-10-6)2-4(9)7(11)12/h3-4H,2,9H2,1H3,(H,11,12)/t4-/m0/s1. The van der Waals surface area contributed by atoms with Crippen LogP contribution < -0.4 is 5.73 Å². The molecule has 15 heavy (non-hydrogen) atoms. The van der Waals surface area contributed by atoms with Crippen molar-refractivity contribution in [3.05, 3.63) is 17.8 Å². The lowest BCUT2D eigenvalue weighted by molar-refractivity contribution is -0.138. The summed E-state index contributed by atoms with van der Waals surface area (Å²) in [5.41, 5.74) is 5.23. The van der Waals surface area contributed by atoms with Crippen molar-refractivity contribution in [2.75, 3.05) is 7.11 Å². The minimum atomic E-state index is -1.18. The van der Waals surface area contributed by atoms with Crippen LogP contribution in [0.1, 0.15) is 16.2 Å². The van der Waals surface area contributed by atoms with E-state index in [1.54, 1.807) is 0 Å². The number of ether oxygens (including phenoxy) is 1. The zero-order valence-corrected chi connectivity index (χ0v) is 7.97. The summed E-state index contributed by atoms with van der Waals surface area (Å²) in [5, 5.41) is 8.56. The van der Waals surface area contributed by atoms with E-state index in [9.17, 15) is 9.59 Å².